The maximum Gasteiger partial charge on any atom is 0.332 e. The van der Waals surface area contributed by atoms with Gasteiger partial charge < -0.3 is 4.74 Å². The van der Waals surface area contributed by atoms with Crippen molar-refractivity contribution in [1.29, 1.82) is 0 Å². The lowest BCUT2D eigenvalue weighted by Gasteiger charge is -2.08. The highest BCUT2D eigenvalue weighted by Gasteiger charge is 2.20. The molecular formula is C25H25N5O3. The molecule has 0 amide bonds. The average Bonchev–Trinajstić information content (AvgIpc) is 3.34. The number of rotatable bonds is 6. The minimum absolute atomic E-state index is 0.303. The van der Waals surface area contributed by atoms with Crippen molar-refractivity contribution in [2.75, 3.05) is 6.61 Å². The third-order valence-corrected chi connectivity index (χ3v) is 5.90. The molecule has 0 saturated heterocycles. The summed E-state index contributed by atoms with van der Waals surface area (Å²) in [5.41, 5.74) is 2.96. The second-order valence-electron chi connectivity index (χ2n) is 8.02. The van der Waals surface area contributed by atoms with Gasteiger partial charge in [-0.2, -0.15) is 4.98 Å². The number of hydrogen-bond donors (Lipinski definition) is 0. The molecule has 0 fully saturated rings. The number of ether oxygens (including phenoxy) is 1. The van der Waals surface area contributed by atoms with Gasteiger partial charge in [0.15, 0.2) is 11.2 Å². The zero-order valence-electron chi connectivity index (χ0n) is 18.9. The lowest BCUT2D eigenvalue weighted by molar-refractivity contribution is 0.340. The van der Waals surface area contributed by atoms with Crippen molar-refractivity contribution in [2.45, 2.75) is 26.8 Å². The fourth-order valence-corrected chi connectivity index (χ4v) is 4.27. The van der Waals surface area contributed by atoms with Crippen LogP contribution in [0.2, 0.25) is 0 Å². The minimum atomic E-state index is -0.367. The molecule has 0 aliphatic carbocycles. The number of nitrogens with zero attached hydrogens (tertiary/aromatic N) is 5. The van der Waals surface area contributed by atoms with Gasteiger partial charge in [-0.1, -0.05) is 30.3 Å². The Kier molecular flexibility index (Phi) is 5.12. The van der Waals surface area contributed by atoms with E-state index in [1.807, 2.05) is 79.2 Å². The molecular weight excluding hydrogens is 418 g/mol. The summed E-state index contributed by atoms with van der Waals surface area (Å²) in [6, 6.07) is 17.5. The van der Waals surface area contributed by atoms with E-state index in [1.54, 1.807) is 11.4 Å². The molecule has 33 heavy (non-hydrogen) atoms. The molecule has 168 valence electrons. The smallest absolute Gasteiger partial charge is 0.332 e. The van der Waals surface area contributed by atoms with Gasteiger partial charge in [0.05, 0.1) is 6.61 Å². The number of aryl methyl sites for hydroxylation is 3. The average molecular weight is 444 g/mol. The van der Waals surface area contributed by atoms with Crippen molar-refractivity contribution >= 4 is 16.9 Å². The lowest BCUT2D eigenvalue weighted by atomic mass is 10.1. The molecule has 8 nitrogen and oxygen atoms in total. The van der Waals surface area contributed by atoms with Gasteiger partial charge in [0.1, 0.15) is 5.75 Å². The van der Waals surface area contributed by atoms with Crippen LogP contribution in [-0.2, 0) is 20.0 Å². The number of hydrogen-bond acceptors (Lipinski definition) is 4. The molecule has 0 saturated carbocycles. The van der Waals surface area contributed by atoms with Crippen LogP contribution in [-0.4, -0.2) is 29.7 Å². The van der Waals surface area contributed by atoms with E-state index in [-0.39, 0.29) is 11.2 Å². The van der Waals surface area contributed by atoms with E-state index in [9.17, 15) is 9.59 Å². The van der Waals surface area contributed by atoms with E-state index < -0.39 is 0 Å². The van der Waals surface area contributed by atoms with Gasteiger partial charge in [-0.05, 0) is 50.1 Å². The molecule has 5 rings (SSSR count). The highest BCUT2D eigenvalue weighted by atomic mass is 16.5. The molecule has 0 N–H and O–H groups in total. The van der Waals surface area contributed by atoms with E-state index in [0.717, 1.165) is 22.7 Å². The van der Waals surface area contributed by atoms with Crippen LogP contribution in [0, 0.1) is 6.92 Å². The first kappa shape index (κ1) is 20.8. The van der Waals surface area contributed by atoms with Crippen LogP contribution >= 0.6 is 0 Å². The number of aromatic nitrogens is 5. The SMILES string of the molecule is CCOc1ccc(-n2c(C)cn3c4c(=O)n(CCc5ccccc5)c(=O)n(C)c4nc23)cc1. The summed E-state index contributed by atoms with van der Waals surface area (Å²) >= 11 is 0. The first-order valence-corrected chi connectivity index (χ1v) is 11.0. The first-order chi connectivity index (χ1) is 16.0. The van der Waals surface area contributed by atoms with Crippen LogP contribution in [0.4, 0.5) is 0 Å². The molecule has 0 radical (unpaired) electrons. The number of benzene rings is 2. The minimum Gasteiger partial charge on any atom is -0.494 e. The van der Waals surface area contributed by atoms with Crippen LogP contribution in [0.1, 0.15) is 18.2 Å². The molecule has 3 aromatic heterocycles. The highest BCUT2D eigenvalue weighted by Crippen LogP contribution is 2.23. The van der Waals surface area contributed by atoms with Crippen molar-refractivity contribution in [1.82, 2.24) is 23.1 Å². The molecule has 0 unspecified atom stereocenters. The molecule has 0 bridgehead atoms. The Balaban J connectivity index is 1.66. The van der Waals surface area contributed by atoms with E-state index in [0.29, 0.717) is 36.5 Å². The van der Waals surface area contributed by atoms with Crippen molar-refractivity contribution in [3.05, 3.63) is 92.9 Å². The Bertz CT molecular complexity index is 1570. The highest BCUT2D eigenvalue weighted by molar-refractivity contribution is 5.76. The standard InChI is InChI=1S/C25H25N5O3/c1-4-33-20-12-10-19(11-13-20)30-17(2)16-29-21-22(26-24(29)30)27(3)25(32)28(23(21)31)15-14-18-8-6-5-7-9-18/h5-13,16H,4,14-15H2,1-3H3. The van der Waals surface area contributed by atoms with Crippen molar-refractivity contribution < 1.29 is 4.74 Å². The summed E-state index contributed by atoms with van der Waals surface area (Å²) in [5.74, 6) is 1.37. The summed E-state index contributed by atoms with van der Waals surface area (Å²) < 4.78 is 12.0. The first-order valence-electron chi connectivity index (χ1n) is 11.0. The molecule has 0 aliphatic heterocycles. The Morgan fingerprint density at radius 1 is 1.00 bits per heavy atom. The maximum atomic E-state index is 13.4. The molecule has 3 heterocycles. The van der Waals surface area contributed by atoms with E-state index in [2.05, 4.69) is 0 Å². The Morgan fingerprint density at radius 3 is 2.42 bits per heavy atom. The number of fused-ring (bicyclic) bond motifs is 3. The normalized spacial score (nSPS) is 11.5. The van der Waals surface area contributed by atoms with Gasteiger partial charge in [-0.3, -0.25) is 22.9 Å². The second kappa shape index (κ2) is 8.12. The van der Waals surface area contributed by atoms with Crippen LogP contribution in [0.25, 0.3) is 22.6 Å². The van der Waals surface area contributed by atoms with Gasteiger partial charge in [0.2, 0.25) is 5.78 Å². The van der Waals surface area contributed by atoms with Gasteiger partial charge in [0.25, 0.3) is 5.56 Å². The molecule has 8 heteroatoms. The Labute approximate surface area is 189 Å². The largest absolute Gasteiger partial charge is 0.494 e. The Morgan fingerprint density at radius 2 is 1.73 bits per heavy atom. The third kappa shape index (κ3) is 3.44. The zero-order chi connectivity index (χ0) is 23.1. The molecule has 2 aromatic carbocycles. The molecule has 5 aromatic rings. The maximum absolute atomic E-state index is 13.4. The Hall–Kier alpha value is -4.07. The van der Waals surface area contributed by atoms with Crippen LogP contribution in [0.3, 0.4) is 0 Å². The monoisotopic (exact) mass is 443 g/mol. The van der Waals surface area contributed by atoms with E-state index in [1.165, 1.54) is 9.13 Å². The predicted molar refractivity (Wildman–Crippen MR) is 128 cm³/mol. The third-order valence-electron chi connectivity index (χ3n) is 5.90. The van der Waals surface area contributed by atoms with Crippen molar-refractivity contribution in [3.8, 4) is 11.4 Å². The van der Waals surface area contributed by atoms with Crippen molar-refractivity contribution in [2.24, 2.45) is 7.05 Å². The van der Waals surface area contributed by atoms with Gasteiger partial charge in [0, 0.05) is 31.2 Å². The van der Waals surface area contributed by atoms with E-state index in [4.69, 9.17) is 9.72 Å². The van der Waals surface area contributed by atoms with Crippen molar-refractivity contribution in [3.63, 3.8) is 0 Å². The lowest BCUT2D eigenvalue weighted by Crippen LogP contribution is -2.39. The molecule has 0 atom stereocenters. The summed E-state index contributed by atoms with van der Waals surface area (Å²) in [6.07, 6.45) is 2.48. The quantitative estimate of drug-likeness (QED) is 0.404. The summed E-state index contributed by atoms with van der Waals surface area (Å²) in [5, 5.41) is 0. The van der Waals surface area contributed by atoms with Gasteiger partial charge >= 0.3 is 5.69 Å². The van der Waals surface area contributed by atoms with Crippen LogP contribution in [0.15, 0.2) is 70.4 Å². The topological polar surface area (TPSA) is 75.5 Å². The number of imidazole rings is 2. The summed E-state index contributed by atoms with van der Waals surface area (Å²) in [7, 11) is 1.66. The molecule has 0 spiro atoms. The molecule has 0 aliphatic rings. The van der Waals surface area contributed by atoms with Gasteiger partial charge in [-0.25, -0.2) is 4.79 Å². The van der Waals surface area contributed by atoms with Crippen LogP contribution < -0.4 is 16.0 Å². The van der Waals surface area contributed by atoms with Crippen LogP contribution in [0.5, 0.6) is 5.75 Å². The fourth-order valence-electron chi connectivity index (χ4n) is 4.27. The second-order valence-corrected chi connectivity index (χ2v) is 8.02. The predicted octanol–water partition coefficient (Wildman–Crippen LogP) is 3.09. The van der Waals surface area contributed by atoms with E-state index >= 15 is 0 Å². The summed E-state index contributed by atoms with van der Waals surface area (Å²) in [6.45, 7) is 4.81. The van der Waals surface area contributed by atoms with Gasteiger partial charge in [-0.15, -0.1) is 0 Å². The summed E-state index contributed by atoms with van der Waals surface area (Å²) in [4.78, 5) is 31.1. The zero-order valence-corrected chi connectivity index (χ0v) is 18.9. The fraction of sp³-hybridized carbons (Fsp3) is 0.240.